The van der Waals surface area contributed by atoms with E-state index in [1.54, 1.807) is 6.08 Å². The Balaban J connectivity index is 4.11. The van der Waals surface area contributed by atoms with Crippen LogP contribution in [0.4, 0.5) is 0 Å². The molecule has 0 radical (unpaired) electrons. The molecule has 0 rings (SSSR count). The predicted molar refractivity (Wildman–Crippen MR) is 39.7 cm³/mol. The summed E-state index contributed by atoms with van der Waals surface area (Å²) in [5, 5.41) is 0. The van der Waals surface area contributed by atoms with Gasteiger partial charge in [-0.3, -0.25) is 9.59 Å². The highest BCUT2D eigenvalue weighted by Crippen LogP contribution is 2.05. The lowest BCUT2D eigenvalue weighted by atomic mass is 9.97. The Morgan fingerprint density at radius 3 is 1.90 bits per heavy atom. The summed E-state index contributed by atoms with van der Waals surface area (Å²) < 4.78 is 0. The van der Waals surface area contributed by atoms with Crippen LogP contribution in [-0.4, -0.2) is 11.6 Å². The highest BCUT2D eigenvalue weighted by atomic mass is 16.1. The molecule has 0 aliphatic carbocycles. The minimum Gasteiger partial charge on any atom is -0.299 e. The third-order valence-electron chi connectivity index (χ3n) is 1.38. The lowest BCUT2D eigenvalue weighted by molar-refractivity contribution is -0.130. The van der Waals surface area contributed by atoms with E-state index in [-0.39, 0.29) is 11.6 Å². The normalized spacial score (nSPS) is 9.50. The lowest BCUT2D eigenvalue weighted by Gasteiger charge is -2.04. The van der Waals surface area contributed by atoms with Gasteiger partial charge in [0, 0.05) is 0 Å². The van der Waals surface area contributed by atoms with Crippen molar-refractivity contribution in [1.82, 2.24) is 0 Å². The van der Waals surface area contributed by atoms with Crippen molar-refractivity contribution in [3.8, 4) is 0 Å². The molecule has 0 heterocycles. The van der Waals surface area contributed by atoms with Gasteiger partial charge < -0.3 is 0 Å². The number of ketones is 2. The van der Waals surface area contributed by atoms with Crippen molar-refractivity contribution in [2.24, 2.45) is 5.92 Å². The minimum absolute atomic E-state index is 0.0765. The first-order valence-electron chi connectivity index (χ1n) is 3.21. The molecule has 0 aromatic heterocycles. The number of carbonyl (C=O) groups is 2. The van der Waals surface area contributed by atoms with E-state index in [9.17, 15) is 9.59 Å². The second-order valence-corrected chi connectivity index (χ2v) is 2.30. The number of Topliss-reactive ketones (excluding diaryl/α,β-unsaturated/α-hetero) is 2. The molecular formula is C8H12O2. The fourth-order valence-corrected chi connectivity index (χ4v) is 0.785. The smallest absolute Gasteiger partial charge is 0.140 e. The SMILES string of the molecule is C=CCC(C(C)=O)C(C)=O. The summed E-state index contributed by atoms with van der Waals surface area (Å²) in [6.07, 6.45) is 2.05. The molecule has 0 saturated heterocycles. The molecule has 0 atom stereocenters. The molecule has 0 aromatic carbocycles. The summed E-state index contributed by atoms with van der Waals surface area (Å²) in [7, 11) is 0. The maximum atomic E-state index is 10.7. The molecule has 0 aliphatic heterocycles. The van der Waals surface area contributed by atoms with Crippen molar-refractivity contribution < 1.29 is 9.59 Å². The Hall–Kier alpha value is -0.920. The van der Waals surface area contributed by atoms with E-state index in [1.165, 1.54) is 13.8 Å². The summed E-state index contributed by atoms with van der Waals surface area (Å²) in [5.41, 5.74) is 0. The topological polar surface area (TPSA) is 34.1 Å². The molecular weight excluding hydrogens is 128 g/mol. The Labute approximate surface area is 60.9 Å². The van der Waals surface area contributed by atoms with E-state index in [4.69, 9.17) is 0 Å². The largest absolute Gasteiger partial charge is 0.299 e. The van der Waals surface area contributed by atoms with Crippen molar-refractivity contribution in [2.45, 2.75) is 20.3 Å². The summed E-state index contributed by atoms with van der Waals surface area (Å²) in [6.45, 7) is 6.31. The van der Waals surface area contributed by atoms with Crippen molar-refractivity contribution in [3.05, 3.63) is 12.7 Å². The highest BCUT2D eigenvalue weighted by Gasteiger charge is 2.16. The zero-order valence-corrected chi connectivity index (χ0v) is 6.39. The Bertz CT molecular complexity index is 145. The summed E-state index contributed by atoms with van der Waals surface area (Å²) >= 11 is 0. The first-order valence-corrected chi connectivity index (χ1v) is 3.21. The zero-order chi connectivity index (χ0) is 8.15. The van der Waals surface area contributed by atoms with Crippen molar-refractivity contribution in [3.63, 3.8) is 0 Å². The van der Waals surface area contributed by atoms with Gasteiger partial charge in [0.05, 0.1) is 5.92 Å². The van der Waals surface area contributed by atoms with Crippen LogP contribution in [0.25, 0.3) is 0 Å². The molecule has 10 heavy (non-hydrogen) atoms. The molecule has 0 spiro atoms. The van der Waals surface area contributed by atoms with Gasteiger partial charge in [0.1, 0.15) is 11.6 Å². The molecule has 0 saturated carbocycles. The molecule has 0 fully saturated rings. The molecule has 2 heteroatoms. The molecule has 0 unspecified atom stereocenters. The molecule has 0 aromatic rings. The highest BCUT2D eigenvalue weighted by molar-refractivity contribution is 6.00. The van der Waals surface area contributed by atoms with Gasteiger partial charge in [-0.2, -0.15) is 0 Å². The first-order chi connectivity index (χ1) is 4.59. The monoisotopic (exact) mass is 140 g/mol. The second kappa shape index (κ2) is 3.99. The van der Waals surface area contributed by atoms with Gasteiger partial charge in [-0.1, -0.05) is 6.08 Å². The van der Waals surface area contributed by atoms with Crippen LogP contribution >= 0.6 is 0 Å². The van der Waals surface area contributed by atoms with Crippen molar-refractivity contribution in [2.75, 3.05) is 0 Å². The quantitative estimate of drug-likeness (QED) is 0.436. The van der Waals surface area contributed by atoms with Crippen LogP contribution < -0.4 is 0 Å². The molecule has 0 amide bonds. The minimum atomic E-state index is -0.461. The van der Waals surface area contributed by atoms with Gasteiger partial charge in [-0.15, -0.1) is 6.58 Å². The summed E-state index contributed by atoms with van der Waals surface area (Å²) in [5.74, 6) is -0.614. The maximum absolute atomic E-state index is 10.7. The fourth-order valence-electron chi connectivity index (χ4n) is 0.785. The molecule has 56 valence electrons. The Morgan fingerprint density at radius 2 is 1.80 bits per heavy atom. The average Bonchev–Trinajstić information content (AvgIpc) is 1.81. The third kappa shape index (κ3) is 2.58. The van der Waals surface area contributed by atoms with Crippen molar-refractivity contribution in [1.29, 1.82) is 0 Å². The van der Waals surface area contributed by atoms with Crippen LogP contribution in [0.15, 0.2) is 12.7 Å². The number of rotatable bonds is 4. The average molecular weight is 140 g/mol. The van der Waals surface area contributed by atoms with Gasteiger partial charge in [-0.05, 0) is 20.3 Å². The summed E-state index contributed by atoms with van der Waals surface area (Å²) in [6, 6.07) is 0. The fraction of sp³-hybridized carbons (Fsp3) is 0.500. The van der Waals surface area contributed by atoms with Gasteiger partial charge >= 0.3 is 0 Å². The van der Waals surface area contributed by atoms with Gasteiger partial charge in [0.15, 0.2) is 0 Å². The van der Waals surface area contributed by atoms with Crippen LogP contribution in [0.5, 0.6) is 0 Å². The van der Waals surface area contributed by atoms with Crippen LogP contribution in [0.2, 0.25) is 0 Å². The second-order valence-electron chi connectivity index (χ2n) is 2.30. The number of hydrogen-bond acceptors (Lipinski definition) is 2. The van der Waals surface area contributed by atoms with Crippen LogP contribution in [0.3, 0.4) is 0 Å². The maximum Gasteiger partial charge on any atom is 0.140 e. The van der Waals surface area contributed by atoms with Gasteiger partial charge in [0.2, 0.25) is 0 Å². The van der Waals surface area contributed by atoms with E-state index in [0.717, 1.165) is 0 Å². The van der Waals surface area contributed by atoms with Crippen LogP contribution in [0, 0.1) is 5.92 Å². The predicted octanol–water partition coefficient (Wildman–Crippen LogP) is 1.36. The Morgan fingerprint density at radius 1 is 1.40 bits per heavy atom. The number of carbonyl (C=O) groups excluding carboxylic acids is 2. The third-order valence-corrected chi connectivity index (χ3v) is 1.38. The molecule has 2 nitrogen and oxygen atoms in total. The Kier molecular flexibility index (Phi) is 3.62. The summed E-state index contributed by atoms with van der Waals surface area (Å²) in [4.78, 5) is 21.4. The first kappa shape index (κ1) is 9.08. The zero-order valence-electron chi connectivity index (χ0n) is 6.39. The number of allylic oxidation sites excluding steroid dienone is 1. The van der Waals surface area contributed by atoms with E-state index in [0.29, 0.717) is 6.42 Å². The van der Waals surface area contributed by atoms with E-state index >= 15 is 0 Å². The molecule has 0 N–H and O–H groups in total. The standard InChI is InChI=1S/C8H12O2/c1-4-5-8(6(2)9)7(3)10/h4,8H,1,5H2,2-3H3. The van der Waals surface area contributed by atoms with Crippen LogP contribution in [0.1, 0.15) is 20.3 Å². The lowest BCUT2D eigenvalue weighted by Crippen LogP contribution is -2.18. The van der Waals surface area contributed by atoms with E-state index in [2.05, 4.69) is 6.58 Å². The molecule has 0 bridgehead atoms. The van der Waals surface area contributed by atoms with Crippen LogP contribution in [-0.2, 0) is 9.59 Å². The van der Waals surface area contributed by atoms with E-state index in [1.807, 2.05) is 0 Å². The van der Waals surface area contributed by atoms with E-state index < -0.39 is 5.92 Å². The van der Waals surface area contributed by atoms with Crippen molar-refractivity contribution >= 4 is 11.6 Å². The van der Waals surface area contributed by atoms with Gasteiger partial charge in [-0.25, -0.2) is 0 Å². The molecule has 0 aliphatic rings. The number of hydrogen-bond donors (Lipinski definition) is 0. The van der Waals surface area contributed by atoms with Gasteiger partial charge in [0.25, 0.3) is 0 Å².